The average molecular weight is 412 g/mol. The number of aliphatic hydroxyl groups excluding tert-OH is 1. The highest BCUT2D eigenvalue weighted by atomic mass is 32.2. The number of ether oxygens (including phenoxy) is 1. The zero-order valence-electron chi connectivity index (χ0n) is 17.3. The molecule has 0 bridgehead atoms. The summed E-state index contributed by atoms with van der Waals surface area (Å²) in [6, 6.07) is 3.86. The van der Waals surface area contributed by atoms with Crippen molar-refractivity contribution in [2.24, 2.45) is 11.8 Å². The van der Waals surface area contributed by atoms with Crippen LogP contribution in [-0.2, 0) is 10.0 Å². The van der Waals surface area contributed by atoms with Crippen molar-refractivity contribution in [3.05, 3.63) is 23.5 Å². The minimum absolute atomic E-state index is 0.180. The Morgan fingerprint density at radius 3 is 2.54 bits per heavy atom. The molecule has 1 N–H and O–H groups in total. The molecular weight excluding hydrogens is 378 g/mol. The van der Waals surface area contributed by atoms with E-state index in [9.17, 15) is 13.5 Å². The van der Waals surface area contributed by atoms with Crippen LogP contribution >= 0.6 is 0 Å². The number of aliphatic hydroxyl groups is 1. The quantitative estimate of drug-likeness (QED) is 0.731. The Morgan fingerprint density at radius 2 is 1.89 bits per heavy atom. The van der Waals surface area contributed by atoms with Crippen molar-refractivity contribution >= 4 is 10.0 Å². The third-order valence-electron chi connectivity index (χ3n) is 6.05. The predicted molar refractivity (Wildman–Crippen MR) is 109 cm³/mol. The third-order valence-corrected chi connectivity index (χ3v) is 7.97. The molecule has 158 valence electrons. The number of aromatic nitrogens is 1. The number of rotatable bonds is 7. The summed E-state index contributed by atoms with van der Waals surface area (Å²) in [4.78, 5) is 6.78. The highest BCUT2D eigenvalue weighted by Crippen LogP contribution is 2.38. The molecule has 0 aromatic carbocycles. The fraction of sp³-hybridized carbons (Fsp3) is 0.750. The molecule has 0 spiro atoms. The number of hydrogen-bond donors (Lipinski definition) is 1. The second kappa shape index (κ2) is 8.65. The van der Waals surface area contributed by atoms with Crippen LogP contribution in [0.1, 0.15) is 30.7 Å². The Bertz CT molecular complexity index is 784. The van der Waals surface area contributed by atoms with Gasteiger partial charge in [0, 0.05) is 32.9 Å². The molecular formula is C20H33N3O4S. The van der Waals surface area contributed by atoms with Gasteiger partial charge in [0.25, 0.3) is 0 Å². The van der Waals surface area contributed by atoms with Crippen LogP contribution in [0.15, 0.2) is 12.1 Å². The van der Waals surface area contributed by atoms with Gasteiger partial charge in [0.2, 0.25) is 10.0 Å². The van der Waals surface area contributed by atoms with E-state index < -0.39 is 16.1 Å². The molecule has 8 heteroatoms. The number of nitrogens with zero attached hydrogens (tertiary/aromatic N) is 3. The lowest BCUT2D eigenvalue weighted by Gasteiger charge is -2.35. The topological polar surface area (TPSA) is 83.0 Å². The van der Waals surface area contributed by atoms with Crippen molar-refractivity contribution < 1.29 is 18.3 Å². The molecule has 2 fully saturated rings. The highest BCUT2D eigenvalue weighted by Gasteiger charge is 2.42. The number of fused-ring (bicyclic) bond motifs is 1. The van der Waals surface area contributed by atoms with E-state index >= 15 is 0 Å². The van der Waals surface area contributed by atoms with Crippen molar-refractivity contribution in [2.45, 2.75) is 45.3 Å². The zero-order valence-corrected chi connectivity index (χ0v) is 18.2. The highest BCUT2D eigenvalue weighted by molar-refractivity contribution is 7.89. The summed E-state index contributed by atoms with van der Waals surface area (Å²) >= 11 is 0. The van der Waals surface area contributed by atoms with Gasteiger partial charge < -0.3 is 14.7 Å². The van der Waals surface area contributed by atoms with Gasteiger partial charge in [-0.25, -0.2) is 12.7 Å². The number of likely N-dealkylation sites (tertiary alicyclic amines) is 1. The first-order chi connectivity index (χ1) is 13.2. The molecule has 4 atom stereocenters. The van der Waals surface area contributed by atoms with Gasteiger partial charge in [-0.1, -0.05) is 0 Å². The van der Waals surface area contributed by atoms with Gasteiger partial charge in [-0.3, -0.25) is 4.98 Å². The van der Waals surface area contributed by atoms with E-state index in [1.807, 2.05) is 26.0 Å². The second-order valence-corrected chi connectivity index (χ2v) is 10.8. The number of aryl methyl sites for hydroxylation is 2. The molecule has 2 aliphatic rings. The molecule has 1 aromatic heterocycles. The normalized spacial score (nSPS) is 28.5. The predicted octanol–water partition coefficient (Wildman–Crippen LogP) is 1.43. The van der Waals surface area contributed by atoms with Gasteiger partial charge >= 0.3 is 0 Å². The molecule has 3 rings (SSSR count). The molecule has 0 unspecified atom stereocenters. The fourth-order valence-corrected chi connectivity index (χ4v) is 5.27. The summed E-state index contributed by atoms with van der Waals surface area (Å²) in [6.07, 6.45) is 1.51. The Labute approximate surface area is 168 Å². The summed E-state index contributed by atoms with van der Waals surface area (Å²) in [6.45, 7) is 6.54. The first-order valence-electron chi connectivity index (χ1n) is 10.1. The Kier molecular flexibility index (Phi) is 6.64. The minimum atomic E-state index is -3.13. The maximum absolute atomic E-state index is 11.9. The van der Waals surface area contributed by atoms with Gasteiger partial charge in [0.15, 0.2) is 0 Å². The van der Waals surface area contributed by atoms with Crippen molar-refractivity contribution in [1.82, 2.24) is 14.2 Å². The maximum Gasteiger partial charge on any atom is 0.213 e. The SMILES string of the molecule is Cc1ccc(O[C@@H]2C[C@@H]3CN(CCCS(=O)(=O)N(C)C)C[C@@H]3C[C@H]2O)c(C)n1. The molecule has 1 saturated heterocycles. The lowest BCUT2D eigenvalue weighted by atomic mass is 9.78. The fourth-order valence-electron chi connectivity index (χ4n) is 4.41. The summed E-state index contributed by atoms with van der Waals surface area (Å²) < 4.78 is 31.3. The van der Waals surface area contributed by atoms with Gasteiger partial charge in [0.05, 0.1) is 17.6 Å². The van der Waals surface area contributed by atoms with Crippen molar-refractivity contribution in [1.29, 1.82) is 0 Å². The summed E-state index contributed by atoms with van der Waals surface area (Å²) in [5, 5.41) is 10.6. The zero-order chi connectivity index (χ0) is 20.5. The lowest BCUT2D eigenvalue weighted by molar-refractivity contribution is -0.0236. The first-order valence-corrected chi connectivity index (χ1v) is 11.7. The van der Waals surface area contributed by atoms with Crippen molar-refractivity contribution in [2.75, 3.05) is 39.5 Å². The number of sulfonamides is 1. The smallest absolute Gasteiger partial charge is 0.213 e. The van der Waals surface area contributed by atoms with Crippen molar-refractivity contribution in [3.63, 3.8) is 0 Å². The molecule has 1 aliphatic carbocycles. The van der Waals surface area contributed by atoms with Crippen LogP contribution in [-0.4, -0.2) is 79.4 Å². The molecule has 1 saturated carbocycles. The van der Waals surface area contributed by atoms with Gasteiger partial charge in [0.1, 0.15) is 11.9 Å². The third kappa shape index (κ3) is 5.03. The van der Waals surface area contributed by atoms with E-state index in [4.69, 9.17) is 4.74 Å². The van der Waals surface area contributed by atoms with Crippen LogP contribution in [0.25, 0.3) is 0 Å². The van der Waals surface area contributed by atoms with E-state index in [0.29, 0.717) is 18.3 Å². The lowest BCUT2D eigenvalue weighted by Crippen LogP contribution is -2.42. The van der Waals surface area contributed by atoms with E-state index in [1.54, 1.807) is 14.1 Å². The minimum Gasteiger partial charge on any atom is -0.486 e. The molecule has 1 aromatic rings. The number of hydrogen-bond acceptors (Lipinski definition) is 6. The molecule has 7 nitrogen and oxygen atoms in total. The van der Waals surface area contributed by atoms with Gasteiger partial charge in [-0.05, 0) is 63.6 Å². The monoisotopic (exact) mass is 411 g/mol. The Morgan fingerprint density at radius 1 is 1.21 bits per heavy atom. The van der Waals surface area contributed by atoms with E-state index in [2.05, 4.69) is 9.88 Å². The van der Waals surface area contributed by atoms with E-state index in [1.165, 1.54) is 4.31 Å². The van der Waals surface area contributed by atoms with E-state index in [-0.39, 0.29) is 11.9 Å². The van der Waals surface area contributed by atoms with Crippen LogP contribution in [0, 0.1) is 25.7 Å². The van der Waals surface area contributed by atoms with Gasteiger partial charge in [-0.15, -0.1) is 0 Å². The molecule has 0 radical (unpaired) electrons. The van der Waals surface area contributed by atoms with Gasteiger partial charge in [-0.2, -0.15) is 0 Å². The van der Waals surface area contributed by atoms with Crippen LogP contribution in [0.3, 0.4) is 0 Å². The summed E-state index contributed by atoms with van der Waals surface area (Å²) in [7, 11) is 0.0176. The summed E-state index contributed by atoms with van der Waals surface area (Å²) in [5.41, 5.74) is 1.81. The van der Waals surface area contributed by atoms with E-state index in [0.717, 1.165) is 49.6 Å². The molecule has 2 heterocycles. The maximum atomic E-state index is 11.9. The van der Waals surface area contributed by atoms with Crippen molar-refractivity contribution in [3.8, 4) is 5.75 Å². The average Bonchev–Trinajstić information content (AvgIpc) is 2.98. The number of pyridine rings is 1. The Hall–Kier alpha value is -1.22. The van der Waals surface area contributed by atoms with Crippen LogP contribution in [0.5, 0.6) is 5.75 Å². The molecule has 1 aliphatic heterocycles. The first kappa shape index (κ1) is 21.5. The molecule has 28 heavy (non-hydrogen) atoms. The van der Waals surface area contributed by atoms with Crippen LogP contribution in [0.4, 0.5) is 0 Å². The second-order valence-electron chi connectivity index (χ2n) is 8.46. The summed E-state index contributed by atoms with van der Waals surface area (Å²) in [5.74, 6) is 1.87. The van der Waals surface area contributed by atoms with Crippen LogP contribution in [0.2, 0.25) is 0 Å². The Balaban J connectivity index is 1.53. The molecule has 0 amide bonds. The standard InChI is InChI=1S/C20H33N3O4S/c1-14-6-7-19(15(2)21-14)27-20-11-17-13-23(12-16(17)10-18(20)24)8-5-9-28(25,26)22(3)4/h6-7,16-18,20,24H,5,8-13H2,1-4H3/t16-,17+,18+,20+/m0/s1. The largest absolute Gasteiger partial charge is 0.486 e. The van der Waals surface area contributed by atoms with Crippen LogP contribution < -0.4 is 4.74 Å².